The highest BCUT2D eigenvalue weighted by Gasteiger charge is 2.30. The maximum atomic E-state index is 13.5. The molecular formula is C48H68N10O12S2. The van der Waals surface area contributed by atoms with Crippen LogP contribution in [0.2, 0.25) is 0 Å². The fourth-order valence-corrected chi connectivity index (χ4v) is 9.20. The second-order valence-electron chi connectivity index (χ2n) is 19.5. The Bertz CT molecular complexity index is 2880. The number of piperazine rings is 2. The molecule has 1 N–H and O–H groups in total. The molecule has 2 aromatic carbocycles. The molecule has 22 nitrogen and oxygen atoms in total. The molecule has 394 valence electrons. The first kappa shape index (κ1) is 56.7. The van der Waals surface area contributed by atoms with Gasteiger partial charge in [0.1, 0.15) is 17.5 Å². The number of benzene rings is 2. The second-order valence-corrected chi connectivity index (χ2v) is 23.8. The number of sulfonamides is 2. The lowest BCUT2D eigenvalue weighted by Crippen LogP contribution is -2.51. The Balaban J connectivity index is 0.000000267. The normalized spacial score (nSPS) is 14.8. The lowest BCUT2D eigenvalue weighted by molar-refractivity contribution is -0.107. The summed E-state index contributed by atoms with van der Waals surface area (Å²) in [6, 6.07) is 12.1. The number of aryl methyl sites for hydroxylation is 2. The molecule has 2 amide bonds. The van der Waals surface area contributed by atoms with E-state index in [1.807, 2.05) is 30.6 Å². The van der Waals surface area contributed by atoms with Gasteiger partial charge in [0, 0.05) is 117 Å². The second kappa shape index (κ2) is 23.6. The zero-order valence-electron chi connectivity index (χ0n) is 42.8. The van der Waals surface area contributed by atoms with Gasteiger partial charge in [-0.2, -0.15) is 0 Å². The molecule has 2 aromatic heterocycles. The predicted octanol–water partition coefficient (Wildman–Crippen LogP) is 3.14. The van der Waals surface area contributed by atoms with Crippen molar-refractivity contribution in [1.82, 2.24) is 37.5 Å². The van der Waals surface area contributed by atoms with Crippen molar-refractivity contribution in [3.05, 3.63) is 93.0 Å². The van der Waals surface area contributed by atoms with Crippen LogP contribution in [0.4, 0.5) is 21.2 Å². The molecule has 72 heavy (non-hydrogen) atoms. The number of ether oxygens (including phenoxy) is 2. The largest absolute Gasteiger partial charge is 0.444 e. The number of hydrogen-bond acceptors (Lipinski definition) is 16. The highest BCUT2D eigenvalue weighted by atomic mass is 32.2. The number of nitrogens with zero attached hydrogens (tertiary/aromatic N) is 10. The van der Waals surface area contributed by atoms with Crippen LogP contribution < -0.4 is 20.9 Å². The average molecular weight is 1040 g/mol. The Morgan fingerprint density at radius 3 is 1.26 bits per heavy atom. The Labute approximate surface area is 421 Å². The number of carbonyl (C=O) groups is 3. The molecule has 2 fully saturated rings. The summed E-state index contributed by atoms with van der Waals surface area (Å²) in [6.07, 6.45) is 4.73. The van der Waals surface area contributed by atoms with Crippen molar-refractivity contribution >= 4 is 50.2 Å². The van der Waals surface area contributed by atoms with Crippen LogP contribution >= 0.6 is 0 Å². The highest BCUT2D eigenvalue weighted by molar-refractivity contribution is 7.89. The molecular weight excluding hydrogens is 973 g/mol. The van der Waals surface area contributed by atoms with Crippen molar-refractivity contribution in [2.45, 2.75) is 88.2 Å². The molecule has 2 aliphatic rings. The summed E-state index contributed by atoms with van der Waals surface area (Å²) < 4.78 is 65.6. The van der Waals surface area contributed by atoms with E-state index in [-0.39, 0.29) is 45.6 Å². The Morgan fingerprint density at radius 2 is 0.958 bits per heavy atom. The first-order chi connectivity index (χ1) is 33.7. The summed E-state index contributed by atoms with van der Waals surface area (Å²) in [5, 5.41) is 9.28. The van der Waals surface area contributed by atoms with Crippen LogP contribution in [-0.4, -0.2) is 176 Å². The molecule has 2 aliphatic heterocycles. The van der Waals surface area contributed by atoms with Gasteiger partial charge in [0.05, 0.1) is 21.2 Å². The molecule has 6 rings (SSSR count). The molecule has 2 saturated heterocycles. The van der Waals surface area contributed by atoms with E-state index in [4.69, 9.17) is 9.47 Å². The molecule has 4 aromatic rings. The lowest BCUT2D eigenvalue weighted by atomic mass is 10.2. The van der Waals surface area contributed by atoms with Gasteiger partial charge in [-0.3, -0.25) is 18.7 Å². The number of aliphatic hydroxyl groups excluding tert-OH is 1. The van der Waals surface area contributed by atoms with E-state index in [0.29, 0.717) is 94.4 Å². The third-order valence-electron chi connectivity index (χ3n) is 11.2. The molecule has 0 atom stereocenters. The minimum Gasteiger partial charge on any atom is -0.444 e. The van der Waals surface area contributed by atoms with E-state index < -0.39 is 43.4 Å². The third-order valence-corrected chi connectivity index (χ3v) is 14.9. The predicted molar refractivity (Wildman–Crippen MR) is 271 cm³/mol. The number of aromatic nitrogens is 4. The van der Waals surface area contributed by atoms with Crippen molar-refractivity contribution in [2.75, 3.05) is 97.0 Å². The molecule has 24 heteroatoms. The first-order valence-electron chi connectivity index (χ1n) is 23.5. The van der Waals surface area contributed by atoms with Crippen molar-refractivity contribution < 1.29 is 45.8 Å². The van der Waals surface area contributed by atoms with Crippen molar-refractivity contribution in [1.29, 1.82) is 0 Å². The van der Waals surface area contributed by atoms with E-state index in [9.17, 15) is 45.9 Å². The summed E-state index contributed by atoms with van der Waals surface area (Å²) in [7, 11) is -1.40. The first-order valence-corrected chi connectivity index (χ1v) is 26.4. The quantitative estimate of drug-likeness (QED) is 0.178. The summed E-state index contributed by atoms with van der Waals surface area (Å²) >= 11 is 0. The van der Waals surface area contributed by atoms with E-state index in [1.165, 1.54) is 61.6 Å². The van der Waals surface area contributed by atoms with Crippen LogP contribution in [0.25, 0.3) is 11.4 Å². The van der Waals surface area contributed by atoms with Crippen molar-refractivity contribution in [3.8, 4) is 11.4 Å². The van der Waals surface area contributed by atoms with Crippen LogP contribution in [0, 0.1) is 0 Å². The fraction of sp³-hybridized carbons (Fsp3) is 0.521. The Morgan fingerprint density at radius 1 is 0.611 bits per heavy atom. The number of rotatable bonds is 14. The molecule has 4 heterocycles. The summed E-state index contributed by atoms with van der Waals surface area (Å²) in [5.41, 5.74) is 0.231. The van der Waals surface area contributed by atoms with Gasteiger partial charge in [-0.1, -0.05) is 0 Å². The number of amides is 2. The number of carbonyl (C=O) groups excluding carboxylic acids is 3. The molecule has 0 unspecified atom stereocenters. The van der Waals surface area contributed by atoms with Gasteiger partial charge in [0.2, 0.25) is 20.0 Å². The third kappa shape index (κ3) is 14.5. The summed E-state index contributed by atoms with van der Waals surface area (Å²) in [4.78, 5) is 78.9. The topological polar surface area (TPSA) is 247 Å². The smallest absolute Gasteiger partial charge is 0.410 e. The number of hydrogen-bond donors (Lipinski definition) is 1. The SMILES string of the molecule is CN(C)S(=O)(=O)c1ccc(-n2cc(CCC=O)nc(N3CCN(C(=O)OC(C)(C)C)CC3)c2=O)cc1.CN(C)S(=O)(=O)c1ccc(-n2cc(CCCO)nc(N3CCN(C(=O)OC(C)(C)C)CC3)c2=O)cc1. The lowest BCUT2D eigenvalue weighted by Gasteiger charge is -2.36. The number of aliphatic hydroxyl groups is 1. The molecule has 0 radical (unpaired) electrons. The highest BCUT2D eigenvalue weighted by Crippen LogP contribution is 2.22. The monoisotopic (exact) mass is 1040 g/mol. The minimum atomic E-state index is -3.61. The molecule has 0 spiro atoms. The summed E-state index contributed by atoms with van der Waals surface area (Å²) in [6.45, 7) is 13.9. The van der Waals surface area contributed by atoms with Gasteiger partial charge < -0.3 is 39.0 Å². The van der Waals surface area contributed by atoms with Crippen LogP contribution in [-0.2, 0) is 47.2 Å². The van der Waals surface area contributed by atoms with E-state index in [2.05, 4.69) is 9.97 Å². The van der Waals surface area contributed by atoms with Gasteiger partial charge in [-0.25, -0.2) is 45.0 Å². The zero-order chi connectivity index (χ0) is 53.3. The van der Waals surface area contributed by atoms with E-state index in [1.54, 1.807) is 67.2 Å². The number of aldehydes is 1. The Hall–Kier alpha value is -6.21. The van der Waals surface area contributed by atoms with Gasteiger partial charge in [-0.15, -0.1) is 0 Å². The molecule has 0 bridgehead atoms. The van der Waals surface area contributed by atoms with Crippen molar-refractivity contribution in [3.63, 3.8) is 0 Å². The maximum absolute atomic E-state index is 13.5. The van der Waals surface area contributed by atoms with Crippen LogP contribution in [0.1, 0.15) is 65.8 Å². The van der Waals surface area contributed by atoms with Crippen molar-refractivity contribution in [2.24, 2.45) is 0 Å². The van der Waals surface area contributed by atoms with E-state index >= 15 is 0 Å². The fourth-order valence-electron chi connectivity index (χ4n) is 7.39. The van der Waals surface area contributed by atoms with Gasteiger partial charge in [0.25, 0.3) is 11.1 Å². The number of anilines is 2. The standard InChI is InChI=1S/C24H35N5O6S.C24H33N5O6S/c2*1-24(2,3)35-23(32)28-14-12-27(13-15-28)21-22(31)29(17-18(25-21)7-6-16-30)19-8-10-20(11-9-19)36(33,34)26(4)5/h8-11,17,30H,6-7,12-16H2,1-5H3;8-11,16-17H,6-7,12-15H2,1-5H3. The maximum Gasteiger partial charge on any atom is 0.410 e. The average Bonchev–Trinajstić information content (AvgIpc) is 3.32. The van der Waals surface area contributed by atoms with Crippen LogP contribution in [0.15, 0.2) is 80.3 Å². The van der Waals surface area contributed by atoms with E-state index in [0.717, 1.165) is 14.9 Å². The molecule has 0 aliphatic carbocycles. The van der Waals surface area contributed by atoms with Crippen LogP contribution in [0.3, 0.4) is 0 Å². The van der Waals surface area contributed by atoms with Gasteiger partial charge in [-0.05, 0) is 109 Å². The Kier molecular flexibility index (Phi) is 18.6. The summed E-state index contributed by atoms with van der Waals surface area (Å²) in [5.74, 6) is 0.464. The zero-order valence-corrected chi connectivity index (χ0v) is 44.4. The molecule has 0 saturated carbocycles. The van der Waals surface area contributed by atoms with Gasteiger partial charge >= 0.3 is 12.2 Å². The minimum absolute atomic E-state index is 0.0121. The van der Waals surface area contributed by atoms with Crippen LogP contribution in [0.5, 0.6) is 0 Å². The van der Waals surface area contributed by atoms with Gasteiger partial charge in [0.15, 0.2) is 11.6 Å².